The molecular formula is C12H8ClF2NO. The van der Waals surface area contributed by atoms with E-state index in [1.165, 1.54) is 24.4 Å². The molecule has 0 atom stereocenters. The molecule has 88 valence electrons. The van der Waals surface area contributed by atoms with Crippen molar-refractivity contribution in [1.82, 2.24) is 4.98 Å². The van der Waals surface area contributed by atoms with Gasteiger partial charge in [0.2, 0.25) is 0 Å². The standard InChI is InChI=1S/C12H8ClF2NO/c13-7-4-9(11(6-17)16-5-7)8-2-1-3-10(14)12(8)15/h1-5,17H,6H2. The van der Waals surface area contributed by atoms with Gasteiger partial charge in [0, 0.05) is 17.3 Å². The van der Waals surface area contributed by atoms with Gasteiger partial charge in [-0.25, -0.2) is 8.78 Å². The molecule has 0 spiro atoms. The summed E-state index contributed by atoms with van der Waals surface area (Å²) in [5.74, 6) is -1.93. The van der Waals surface area contributed by atoms with Gasteiger partial charge in [-0.15, -0.1) is 0 Å². The minimum atomic E-state index is -0.980. The molecule has 1 aromatic heterocycles. The van der Waals surface area contributed by atoms with Crippen molar-refractivity contribution in [2.45, 2.75) is 6.61 Å². The van der Waals surface area contributed by atoms with Crippen LogP contribution in [0.4, 0.5) is 8.78 Å². The first kappa shape index (κ1) is 12.0. The van der Waals surface area contributed by atoms with E-state index in [1.807, 2.05) is 0 Å². The third-order valence-corrected chi connectivity index (χ3v) is 2.54. The molecular weight excluding hydrogens is 248 g/mol. The number of aromatic nitrogens is 1. The fourth-order valence-corrected chi connectivity index (χ4v) is 1.70. The fraction of sp³-hybridized carbons (Fsp3) is 0.0833. The van der Waals surface area contributed by atoms with E-state index in [0.717, 1.165) is 6.07 Å². The first-order valence-corrected chi connectivity index (χ1v) is 5.21. The number of rotatable bonds is 2. The van der Waals surface area contributed by atoms with Crippen LogP contribution in [0.2, 0.25) is 5.02 Å². The van der Waals surface area contributed by atoms with E-state index in [-0.39, 0.29) is 23.4 Å². The van der Waals surface area contributed by atoms with Gasteiger partial charge in [-0.05, 0) is 12.1 Å². The lowest BCUT2D eigenvalue weighted by Crippen LogP contribution is -1.97. The molecule has 2 nitrogen and oxygen atoms in total. The summed E-state index contributed by atoms with van der Waals surface area (Å²) >= 11 is 5.76. The SMILES string of the molecule is OCc1ncc(Cl)cc1-c1cccc(F)c1F. The Kier molecular flexibility index (Phi) is 3.36. The first-order chi connectivity index (χ1) is 8.13. The van der Waals surface area contributed by atoms with E-state index in [0.29, 0.717) is 5.02 Å². The number of aliphatic hydroxyl groups excluding tert-OH is 1. The second-order valence-electron chi connectivity index (χ2n) is 3.41. The van der Waals surface area contributed by atoms with Crippen LogP contribution >= 0.6 is 11.6 Å². The van der Waals surface area contributed by atoms with Crippen molar-refractivity contribution in [3.05, 3.63) is 52.8 Å². The topological polar surface area (TPSA) is 33.1 Å². The van der Waals surface area contributed by atoms with Crippen molar-refractivity contribution < 1.29 is 13.9 Å². The van der Waals surface area contributed by atoms with Gasteiger partial charge in [-0.3, -0.25) is 4.98 Å². The van der Waals surface area contributed by atoms with Crippen LogP contribution in [-0.4, -0.2) is 10.1 Å². The van der Waals surface area contributed by atoms with Crippen molar-refractivity contribution in [2.24, 2.45) is 0 Å². The molecule has 17 heavy (non-hydrogen) atoms. The van der Waals surface area contributed by atoms with E-state index in [4.69, 9.17) is 16.7 Å². The molecule has 5 heteroatoms. The summed E-state index contributed by atoms with van der Waals surface area (Å²) in [7, 11) is 0. The highest BCUT2D eigenvalue weighted by molar-refractivity contribution is 6.30. The Balaban J connectivity index is 2.67. The van der Waals surface area contributed by atoms with Crippen LogP contribution in [-0.2, 0) is 6.61 Å². The molecule has 0 aliphatic carbocycles. The predicted molar refractivity (Wildman–Crippen MR) is 60.5 cm³/mol. The van der Waals surface area contributed by atoms with Crippen molar-refractivity contribution in [3.8, 4) is 11.1 Å². The molecule has 0 bridgehead atoms. The molecule has 1 heterocycles. The summed E-state index contributed by atoms with van der Waals surface area (Å²) in [4.78, 5) is 3.87. The lowest BCUT2D eigenvalue weighted by Gasteiger charge is -2.08. The lowest BCUT2D eigenvalue weighted by atomic mass is 10.0. The summed E-state index contributed by atoms with van der Waals surface area (Å²) in [6.07, 6.45) is 1.34. The smallest absolute Gasteiger partial charge is 0.166 e. The molecule has 0 saturated heterocycles. The van der Waals surface area contributed by atoms with Gasteiger partial charge in [-0.2, -0.15) is 0 Å². The monoisotopic (exact) mass is 255 g/mol. The molecule has 2 aromatic rings. The van der Waals surface area contributed by atoms with E-state index in [1.54, 1.807) is 0 Å². The Bertz CT molecular complexity index is 560. The quantitative estimate of drug-likeness (QED) is 0.894. The highest BCUT2D eigenvalue weighted by Gasteiger charge is 2.14. The van der Waals surface area contributed by atoms with Crippen LogP contribution in [0.1, 0.15) is 5.69 Å². The predicted octanol–water partition coefficient (Wildman–Crippen LogP) is 3.17. The third-order valence-electron chi connectivity index (χ3n) is 2.33. The van der Waals surface area contributed by atoms with Crippen molar-refractivity contribution in [1.29, 1.82) is 0 Å². The number of halogens is 3. The van der Waals surface area contributed by atoms with Gasteiger partial charge in [0.1, 0.15) is 0 Å². The van der Waals surface area contributed by atoms with E-state index < -0.39 is 11.6 Å². The van der Waals surface area contributed by atoms with Crippen LogP contribution in [0.15, 0.2) is 30.5 Å². The van der Waals surface area contributed by atoms with Crippen molar-refractivity contribution in [3.63, 3.8) is 0 Å². The van der Waals surface area contributed by atoms with Gasteiger partial charge in [0.05, 0.1) is 17.3 Å². The van der Waals surface area contributed by atoms with Gasteiger partial charge in [0.25, 0.3) is 0 Å². The molecule has 1 N–H and O–H groups in total. The number of aliphatic hydroxyl groups is 1. The number of hydrogen-bond acceptors (Lipinski definition) is 2. The summed E-state index contributed by atoms with van der Waals surface area (Å²) < 4.78 is 26.7. The third kappa shape index (κ3) is 2.28. The highest BCUT2D eigenvalue weighted by Crippen LogP contribution is 2.28. The molecule has 0 aliphatic rings. The average Bonchev–Trinajstić information content (AvgIpc) is 2.33. The zero-order valence-electron chi connectivity index (χ0n) is 8.62. The molecule has 0 radical (unpaired) electrons. The molecule has 0 fully saturated rings. The second kappa shape index (κ2) is 4.77. The maximum absolute atomic E-state index is 13.6. The second-order valence-corrected chi connectivity index (χ2v) is 3.84. The van der Waals surface area contributed by atoms with E-state index >= 15 is 0 Å². The summed E-state index contributed by atoms with van der Waals surface area (Å²) in [5, 5.41) is 9.40. The Morgan fingerprint density at radius 3 is 2.71 bits per heavy atom. The largest absolute Gasteiger partial charge is 0.390 e. The number of hydrogen-bond donors (Lipinski definition) is 1. The maximum Gasteiger partial charge on any atom is 0.166 e. The molecule has 0 amide bonds. The molecule has 0 aliphatic heterocycles. The minimum absolute atomic E-state index is 0.0315. The summed E-state index contributed by atoms with van der Waals surface area (Å²) in [5.41, 5.74) is 0.569. The van der Waals surface area contributed by atoms with Crippen molar-refractivity contribution >= 4 is 11.6 Å². The van der Waals surface area contributed by atoms with Crippen LogP contribution in [0.25, 0.3) is 11.1 Å². The maximum atomic E-state index is 13.6. The lowest BCUT2D eigenvalue weighted by molar-refractivity contribution is 0.277. The van der Waals surface area contributed by atoms with Crippen molar-refractivity contribution in [2.75, 3.05) is 0 Å². The van der Waals surface area contributed by atoms with Crippen LogP contribution in [0.3, 0.4) is 0 Å². The van der Waals surface area contributed by atoms with E-state index in [2.05, 4.69) is 4.98 Å². The molecule has 0 unspecified atom stereocenters. The Morgan fingerprint density at radius 2 is 2.00 bits per heavy atom. The zero-order valence-corrected chi connectivity index (χ0v) is 9.38. The minimum Gasteiger partial charge on any atom is -0.390 e. The number of nitrogens with zero attached hydrogens (tertiary/aromatic N) is 1. The number of pyridine rings is 1. The van der Waals surface area contributed by atoms with E-state index in [9.17, 15) is 8.78 Å². The summed E-state index contributed by atoms with van der Waals surface area (Å²) in [6.45, 7) is -0.373. The van der Waals surface area contributed by atoms with Gasteiger partial charge in [-0.1, -0.05) is 23.7 Å². The van der Waals surface area contributed by atoms with Gasteiger partial charge in [0.15, 0.2) is 11.6 Å². The zero-order chi connectivity index (χ0) is 12.4. The Morgan fingerprint density at radius 1 is 1.24 bits per heavy atom. The van der Waals surface area contributed by atoms with Gasteiger partial charge >= 0.3 is 0 Å². The molecule has 2 rings (SSSR count). The molecule has 1 aromatic carbocycles. The first-order valence-electron chi connectivity index (χ1n) is 4.83. The average molecular weight is 256 g/mol. The van der Waals surface area contributed by atoms with Crippen LogP contribution in [0, 0.1) is 11.6 Å². The summed E-state index contributed by atoms with van der Waals surface area (Å²) in [6, 6.07) is 5.26. The Labute approximate surface area is 102 Å². The van der Waals surface area contributed by atoms with Crippen LogP contribution in [0.5, 0.6) is 0 Å². The fourth-order valence-electron chi connectivity index (χ4n) is 1.54. The van der Waals surface area contributed by atoms with Crippen LogP contribution < -0.4 is 0 Å². The highest BCUT2D eigenvalue weighted by atomic mass is 35.5. The van der Waals surface area contributed by atoms with Gasteiger partial charge < -0.3 is 5.11 Å². The molecule has 0 saturated carbocycles. The number of benzene rings is 1. The normalized spacial score (nSPS) is 10.6. The Hall–Kier alpha value is -1.52.